The number of halogens is 4. The molecule has 0 aliphatic rings. The number of methoxy groups -OCH3 is 1. The maximum absolute atomic E-state index is 13.1. The van der Waals surface area contributed by atoms with Crippen molar-refractivity contribution >= 4 is 34.5 Å². The van der Waals surface area contributed by atoms with Gasteiger partial charge >= 0.3 is 18.1 Å². The molecule has 0 unspecified atom stereocenters. The summed E-state index contributed by atoms with van der Waals surface area (Å²) in [5.41, 5.74) is 1.22. The van der Waals surface area contributed by atoms with Gasteiger partial charge in [0.2, 0.25) is 11.5 Å². The molecule has 8 nitrogen and oxygen atoms in total. The zero-order valence-corrected chi connectivity index (χ0v) is 27.0. The third-order valence-electron chi connectivity index (χ3n) is 6.64. The number of carbonyl (C=O) groups excluding carboxylic acids is 1. The van der Waals surface area contributed by atoms with Gasteiger partial charge in [0.25, 0.3) is 0 Å². The summed E-state index contributed by atoms with van der Waals surface area (Å²) < 4.78 is 66.8. The van der Waals surface area contributed by atoms with Crippen LogP contribution >= 0.6 is 22.6 Å². The molecule has 1 N–H and O–H groups in total. The Hall–Kier alpha value is -4.72. The number of ether oxygens (including phenoxy) is 3. The summed E-state index contributed by atoms with van der Waals surface area (Å²) in [5, 5.41) is 8.91. The summed E-state index contributed by atoms with van der Waals surface area (Å²) in [6, 6.07) is 22.4. The standard InChI is InChI=1S/C20H15F3O4.C14H13IO4/c1-12-14(10-18(27-12)19(24)25)11-26-15-8-6-13(7-9-15)16-4-2-3-5-17(16)20(21,22)23;1-9-10(7-13(19-9)14(16)17-2)8-18-12-5-3-11(15)4-6-12/h2-10H,11H2,1H3,(H,24,25);3-7H,8H2,1-2H3. The first-order valence-corrected chi connectivity index (χ1v) is 14.7. The van der Waals surface area contributed by atoms with Gasteiger partial charge in [-0.2, -0.15) is 13.2 Å². The molecule has 0 spiro atoms. The number of aromatic carboxylic acids is 1. The van der Waals surface area contributed by atoms with Crippen molar-refractivity contribution in [3.05, 3.63) is 128 Å². The Labute approximate surface area is 275 Å². The highest BCUT2D eigenvalue weighted by Gasteiger charge is 2.33. The molecule has 3 aromatic carbocycles. The van der Waals surface area contributed by atoms with Crippen molar-refractivity contribution in [1.29, 1.82) is 0 Å². The summed E-state index contributed by atoms with van der Waals surface area (Å²) in [6.45, 7) is 3.86. The first kappa shape index (κ1) is 34.2. The van der Waals surface area contributed by atoms with E-state index in [1.165, 1.54) is 25.3 Å². The predicted octanol–water partition coefficient (Wildman–Crippen LogP) is 9.11. The minimum Gasteiger partial charge on any atom is -0.489 e. The van der Waals surface area contributed by atoms with E-state index in [4.69, 9.17) is 23.4 Å². The summed E-state index contributed by atoms with van der Waals surface area (Å²) in [6.07, 6.45) is -4.44. The van der Waals surface area contributed by atoms with E-state index in [1.54, 1.807) is 50.2 Å². The summed E-state index contributed by atoms with van der Waals surface area (Å²) in [5.74, 6) is 0.683. The fourth-order valence-electron chi connectivity index (χ4n) is 4.20. The van der Waals surface area contributed by atoms with Crippen LogP contribution in [-0.2, 0) is 24.1 Å². The largest absolute Gasteiger partial charge is 0.489 e. The second kappa shape index (κ2) is 15.0. The van der Waals surface area contributed by atoms with Crippen molar-refractivity contribution in [3.63, 3.8) is 0 Å². The second-order valence-electron chi connectivity index (χ2n) is 9.78. The molecule has 5 aromatic rings. The van der Waals surface area contributed by atoms with Gasteiger partial charge in [0.05, 0.1) is 12.7 Å². The number of carbonyl (C=O) groups is 2. The van der Waals surface area contributed by atoms with Crippen molar-refractivity contribution in [2.75, 3.05) is 7.11 Å². The Bertz CT molecular complexity index is 1790. The van der Waals surface area contributed by atoms with Crippen molar-refractivity contribution in [1.82, 2.24) is 0 Å². The average Bonchev–Trinajstić information content (AvgIpc) is 3.61. The van der Waals surface area contributed by atoms with Gasteiger partial charge in [0.15, 0.2) is 0 Å². The maximum atomic E-state index is 13.1. The van der Waals surface area contributed by atoms with Gasteiger partial charge in [-0.25, -0.2) is 9.59 Å². The normalized spacial score (nSPS) is 10.9. The van der Waals surface area contributed by atoms with E-state index in [9.17, 15) is 22.8 Å². The van der Waals surface area contributed by atoms with Gasteiger partial charge in [-0.3, -0.25) is 0 Å². The van der Waals surface area contributed by atoms with E-state index in [-0.39, 0.29) is 23.7 Å². The smallest absolute Gasteiger partial charge is 0.417 e. The molecule has 0 saturated carbocycles. The number of hydrogen-bond acceptors (Lipinski definition) is 7. The molecule has 0 radical (unpaired) electrons. The molecule has 0 fully saturated rings. The Morgan fingerprint density at radius 1 is 0.783 bits per heavy atom. The fraction of sp³-hybridized carbons (Fsp3) is 0.176. The SMILES string of the molecule is COC(=O)c1cc(COc2ccc(I)cc2)c(C)o1.Cc1oc(C(=O)O)cc1COc1ccc(-c2ccccc2C(F)(F)F)cc1. The van der Waals surface area contributed by atoms with Crippen LogP contribution in [0.25, 0.3) is 11.1 Å². The van der Waals surface area contributed by atoms with Crippen LogP contribution < -0.4 is 9.47 Å². The summed E-state index contributed by atoms with van der Waals surface area (Å²) in [7, 11) is 1.32. The summed E-state index contributed by atoms with van der Waals surface area (Å²) >= 11 is 2.23. The van der Waals surface area contributed by atoms with Crippen molar-refractivity contribution < 1.29 is 50.9 Å². The van der Waals surface area contributed by atoms with Crippen LogP contribution in [0.15, 0.2) is 93.8 Å². The van der Waals surface area contributed by atoms with Crippen LogP contribution in [0.5, 0.6) is 11.5 Å². The van der Waals surface area contributed by atoms with E-state index in [1.807, 2.05) is 24.3 Å². The molecule has 0 aliphatic carbocycles. The molecule has 0 aliphatic heterocycles. The van der Waals surface area contributed by atoms with Crippen molar-refractivity contribution in [3.8, 4) is 22.6 Å². The lowest BCUT2D eigenvalue weighted by atomic mass is 9.99. The van der Waals surface area contributed by atoms with Crippen molar-refractivity contribution in [2.45, 2.75) is 33.2 Å². The number of benzene rings is 3. The monoisotopic (exact) mass is 748 g/mol. The Kier molecular flexibility index (Phi) is 11.2. The molecule has 2 aromatic heterocycles. The molecule has 5 rings (SSSR count). The quantitative estimate of drug-likeness (QED) is 0.118. The number of alkyl halides is 3. The molecule has 0 bridgehead atoms. The van der Waals surface area contributed by atoms with Crippen LogP contribution in [-0.4, -0.2) is 24.2 Å². The number of furan rings is 2. The molecule has 0 atom stereocenters. The minimum absolute atomic E-state index is 0.0844. The number of rotatable bonds is 9. The lowest BCUT2D eigenvalue weighted by Gasteiger charge is -2.13. The topological polar surface area (TPSA) is 108 Å². The molecule has 240 valence electrons. The van der Waals surface area contributed by atoms with Gasteiger partial charge in [0.1, 0.15) is 36.2 Å². The van der Waals surface area contributed by atoms with Gasteiger partial charge in [-0.05, 0) is 102 Å². The van der Waals surface area contributed by atoms with E-state index < -0.39 is 23.7 Å². The zero-order chi connectivity index (χ0) is 33.4. The molecule has 46 heavy (non-hydrogen) atoms. The van der Waals surface area contributed by atoms with E-state index in [2.05, 4.69) is 27.3 Å². The fourth-order valence-corrected chi connectivity index (χ4v) is 4.56. The molecule has 0 amide bonds. The lowest BCUT2D eigenvalue weighted by molar-refractivity contribution is -0.137. The highest BCUT2D eigenvalue weighted by atomic mass is 127. The van der Waals surface area contributed by atoms with Gasteiger partial charge in [0, 0.05) is 14.7 Å². The van der Waals surface area contributed by atoms with Crippen LogP contribution in [0.3, 0.4) is 0 Å². The van der Waals surface area contributed by atoms with Crippen LogP contribution in [0.4, 0.5) is 13.2 Å². The van der Waals surface area contributed by atoms with Gasteiger partial charge in [-0.15, -0.1) is 0 Å². The first-order valence-electron chi connectivity index (χ1n) is 13.6. The molecule has 0 saturated heterocycles. The van der Waals surface area contributed by atoms with Crippen LogP contribution in [0.1, 0.15) is 49.3 Å². The number of carboxylic acid groups (broad SMARTS) is 1. The third kappa shape index (κ3) is 8.93. The minimum atomic E-state index is -4.44. The highest BCUT2D eigenvalue weighted by Crippen LogP contribution is 2.37. The van der Waals surface area contributed by atoms with E-state index in [0.29, 0.717) is 35.0 Å². The van der Waals surface area contributed by atoms with Gasteiger partial charge < -0.3 is 28.2 Å². The zero-order valence-electron chi connectivity index (χ0n) is 24.8. The number of hydrogen-bond donors (Lipinski definition) is 1. The predicted molar refractivity (Wildman–Crippen MR) is 170 cm³/mol. The molecular weight excluding hydrogens is 720 g/mol. The molecule has 2 heterocycles. The number of aryl methyl sites for hydroxylation is 2. The lowest BCUT2D eigenvalue weighted by Crippen LogP contribution is -2.06. The highest BCUT2D eigenvalue weighted by molar-refractivity contribution is 14.1. The third-order valence-corrected chi connectivity index (χ3v) is 7.36. The molecule has 12 heteroatoms. The Balaban J connectivity index is 0.000000222. The van der Waals surface area contributed by atoms with E-state index in [0.717, 1.165) is 20.9 Å². The van der Waals surface area contributed by atoms with Crippen molar-refractivity contribution in [2.24, 2.45) is 0 Å². The van der Waals surface area contributed by atoms with Crippen LogP contribution in [0, 0.1) is 17.4 Å². The van der Waals surface area contributed by atoms with Crippen LogP contribution in [0.2, 0.25) is 0 Å². The first-order chi connectivity index (χ1) is 21.8. The Morgan fingerprint density at radius 3 is 1.78 bits per heavy atom. The maximum Gasteiger partial charge on any atom is 0.417 e. The number of carboxylic acids is 1. The number of esters is 1. The molecular formula is C34H28F3IO8. The second-order valence-corrected chi connectivity index (χ2v) is 11.0. The van der Waals surface area contributed by atoms with Gasteiger partial charge in [-0.1, -0.05) is 30.3 Å². The Morgan fingerprint density at radius 2 is 1.28 bits per heavy atom. The summed E-state index contributed by atoms with van der Waals surface area (Å²) in [4.78, 5) is 22.2. The average molecular weight is 748 g/mol. The van der Waals surface area contributed by atoms with E-state index >= 15 is 0 Å².